The molecule has 0 saturated carbocycles. The molecule has 2 amide bonds. The fourth-order valence-corrected chi connectivity index (χ4v) is 9.64. The number of sulfonamides is 1. The van der Waals surface area contributed by atoms with Crippen LogP contribution >= 0.6 is 34.3 Å². The van der Waals surface area contributed by atoms with Gasteiger partial charge in [0.1, 0.15) is 10.3 Å². The highest BCUT2D eigenvalue weighted by Crippen LogP contribution is 2.37. The third-order valence-electron chi connectivity index (χ3n) is 8.07. The van der Waals surface area contributed by atoms with Gasteiger partial charge in [-0.3, -0.25) is 14.5 Å². The topological polar surface area (TPSA) is 90.0 Å². The summed E-state index contributed by atoms with van der Waals surface area (Å²) in [6, 6.07) is 7.31. The summed E-state index contributed by atoms with van der Waals surface area (Å²) in [6.45, 7) is 6.57. The number of nitrogens with zero attached hydrogens (tertiary/aromatic N) is 3. The molecule has 5 heterocycles. The molecule has 8 nitrogen and oxygen atoms in total. The Morgan fingerprint density at radius 1 is 1.00 bits per heavy atom. The van der Waals surface area contributed by atoms with Gasteiger partial charge in [0.2, 0.25) is 11.8 Å². The highest BCUT2D eigenvalue weighted by Gasteiger charge is 2.38. The molecule has 4 atom stereocenters. The van der Waals surface area contributed by atoms with Crippen molar-refractivity contribution in [2.75, 3.05) is 26.2 Å². The monoisotopic (exact) mass is 598 g/mol. The number of hydrogen-bond acceptors (Lipinski definition) is 7. The molecule has 3 saturated heterocycles. The fraction of sp³-hybridized carbons (Fsp3) is 0.615. The van der Waals surface area contributed by atoms with Crippen molar-refractivity contribution in [3.8, 4) is 9.75 Å². The Labute approximate surface area is 238 Å². The average Bonchev–Trinajstić information content (AvgIpc) is 3.67. The van der Waals surface area contributed by atoms with Gasteiger partial charge >= 0.3 is 0 Å². The van der Waals surface area contributed by atoms with E-state index in [1.54, 1.807) is 18.2 Å². The Hall–Kier alpha value is -1.50. The minimum atomic E-state index is -3.88. The molecular formula is C26H35ClN4O4S3. The Balaban J connectivity index is 1.20. The second kappa shape index (κ2) is 11.5. The molecule has 4 unspecified atom stereocenters. The SMILES string of the molecule is CC1CCC(C)N1CC1CCCN1C(=O)CN1CCCC(NS(=O)(=O)c2ccc(-c3ccc(Cl)s3)s2)C1=O. The lowest BCUT2D eigenvalue weighted by atomic mass is 10.1. The van der Waals surface area contributed by atoms with Crippen LogP contribution in [0.3, 0.4) is 0 Å². The largest absolute Gasteiger partial charge is 0.337 e. The molecule has 2 aromatic heterocycles. The summed E-state index contributed by atoms with van der Waals surface area (Å²) in [7, 11) is -3.88. The second-order valence-corrected chi connectivity index (χ2v) is 15.4. The van der Waals surface area contributed by atoms with Gasteiger partial charge in [0.25, 0.3) is 10.0 Å². The maximum Gasteiger partial charge on any atom is 0.250 e. The molecule has 3 aliphatic rings. The van der Waals surface area contributed by atoms with Crippen LogP contribution in [0.4, 0.5) is 0 Å². The van der Waals surface area contributed by atoms with Crippen molar-refractivity contribution < 1.29 is 18.0 Å². The van der Waals surface area contributed by atoms with Crippen LogP contribution in [-0.2, 0) is 19.6 Å². The van der Waals surface area contributed by atoms with E-state index < -0.39 is 16.1 Å². The smallest absolute Gasteiger partial charge is 0.250 e. The first-order valence-corrected chi connectivity index (χ1v) is 16.8. The molecule has 3 aliphatic heterocycles. The van der Waals surface area contributed by atoms with Crippen molar-refractivity contribution in [2.24, 2.45) is 0 Å². The van der Waals surface area contributed by atoms with Gasteiger partial charge < -0.3 is 9.80 Å². The van der Waals surface area contributed by atoms with Crippen molar-refractivity contribution in [3.05, 3.63) is 28.6 Å². The first-order chi connectivity index (χ1) is 18.1. The first-order valence-electron chi connectivity index (χ1n) is 13.3. The number of halogens is 1. The normalized spacial score (nSPS) is 27.0. The maximum atomic E-state index is 13.3. The molecule has 5 rings (SSSR count). The maximum absolute atomic E-state index is 13.3. The molecular weight excluding hydrogens is 564 g/mol. The van der Waals surface area contributed by atoms with Crippen molar-refractivity contribution in [1.29, 1.82) is 0 Å². The average molecular weight is 599 g/mol. The van der Waals surface area contributed by atoms with E-state index >= 15 is 0 Å². The van der Waals surface area contributed by atoms with Gasteiger partial charge in [-0.2, -0.15) is 4.72 Å². The number of amides is 2. The number of likely N-dealkylation sites (tertiary alicyclic amines) is 3. The Morgan fingerprint density at radius 2 is 1.68 bits per heavy atom. The van der Waals surface area contributed by atoms with Crippen LogP contribution in [-0.4, -0.2) is 85.3 Å². The number of rotatable bonds is 8. The van der Waals surface area contributed by atoms with Crippen molar-refractivity contribution in [2.45, 2.75) is 80.7 Å². The van der Waals surface area contributed by atoms with E-state index in [0.29, 0.717) is 42.4 Å². The van der Waals surface area contributed by atoms with E-state index in [2.05, 4.69) is 23.5 Å². The Kier molecular flexibility index (Phi) is 8.52. The van der Waals surface area contributed by atoms with Crippen LogP contribution in [0.15, 0.2) is 28.5 Å². The minimum Gasteiger partial charge on any atom is -0.337 e. The van der Waals surface area contributed by atoms with Gasteiger partial charge in [-0.25, -0.2) is 8.42 Å². The number of carbonyl (C=O) groups is 2. The van der Waals surface area contributed by atoms with E-state index in [4.69, 9.17) is 11.6 Å². The Morgan fingerprint density at radius 3 is 2.39 bits per heavy atom. The molecule has 2 aromatic rings. The summed E-state index contributed by atoms with van der Waals surface area (Å²) in [5.74, 6) is -0.367. The molecule has 12 heteroatoms. The van der Waals surface area contributed by atoms with Crippen molar-refractivity contribution in [3.63, 3.8) is 0 Å². The van der Waals surface area contributed by atoms with E-state index in [0.717, 1.165) is 40.5 Å². The molecule has 208 valence electrons. The zero-order chi connectivity index (χ0) is 27.0. The molecule has 0 aromatic carbocycles. The lowest BCUT2D eigenvalue weighted by molar-refractivity contribution is -0.143. The number of carbonyl (C=O) groups excluding carboxylic acids is 2. The summed E-state index contributed by atoms with van der Waals surface area (Å²) >= 11 is 8.56. The number of hydrogen-bond donors (Lipinski definition) is 1. The highest BCUT2D eigenvalue weighted by atomic mass is 35.5. The van der Waals surface area contributed by atoms with Crippen LogP contribution in [0, 0.1) is 0 Å². The van der Waals surface area contributed by atoms with Crippen LogP contribution in [0.5, 0.6) is 0 Å². The van der Waals surface area contributed by atoms with Gasteiger partial charge in [0, 0.05) is 47.5 Å². The number of piperidine rings is 1. The number of thiophene rings is 2. The zero-order valence-electron chi connectivity index (χ0n) is 21.8. The summed E-state index contributed by atoms with van der Waals surface area (Å²) in [6.07, 6.45) is 5.40. The summed E-state index contributed by atoms with van der Waals surface area (Å²) < 4.78 is 29.6. The zero-order valence-corrected chi connectivity index (χ0v) is 25.0. The molecule has 3 fully saturated rings. The van der Waals surface area contributed by atoms with Gasteiger partial charge in [-0.15, -0.1) is 22.7 Å². The van der Waals surface area contributed by atoms with Gasteiger partial charge in [-0.1, -0.05) is 11.6 Å². The van der Waals surface area contributed by atoms with Gasteiger partial charge in [0.15, 0.2) is 0 Å². The second-order valence-electron chi connectivity index (χ2n) is 10.7. The van der Waals surface area contributed by atoms with Crippen molar-refractivity contribution in [1.82, 2.24) is 19.4 Å². The molecule has 1 N–H and O–H groups in total. The van der Waals surface area contributed by atoms with Crippen LogP contribution in [0.25, 0.3) is 9.75 Å². The third-order valence-corrected chi connectivity index (χ3v) is 12.5. The Bertz CT molecular complexity index is 1270. The predicted molar refractivity (Wildman–Crippen MR) is 152 cm³/mol. The van der Waals surface area contributed by atoms with Crippen LogP contribution in [0.2, 0.25) is 4.34 Å². The lowest BCUT2D eigenvalue weighted by Gasteiger charge is -2.36. The molecule has 0 bridgehead atoms. The van der Waals surface area contributed by atoms with E-state index in [-0.39, 0.29) is 28.6 Å². The van der Waals surface area contributed by atoms with E-state index in [1.807, 2.05) is 11.0 Å². The molecule has 38 heavy (non-hydrogen) atoms. The lowest BCUT2D eigenvalue weighted by Crippen LogP contribution is -2.55. The fourth-order valence-electron chi connectivity index (χ4n) is 5.96. The van der Waals surface area contributed by atoms with Crippen LogP contribution in [0.1, 0.15) is 52.4 Å². The molecule has 0 radical (unpaired) electrons. The van der Waals surface area contributed by atoms with Crippen molar-refractivity contribution >= 4 is 56.1 Å². The highest BCUT2D eigenvalue weighted by molar-refractivity contribution is 7.91. The minimum absolute atomic E-state index is 0.000948. The molecule has 0 aliphatic carbocycles. The van der Waals surface area contributed by atoms with Gasteiger partial charge in [0.05, 0.1) is 10.9 Å². The summed E-state index contributed by atoms with van der Waals surface area (Å²) in [5.41, 5.74) is 0. The summed E-state index contributed by atoms with van der Waals surface area (Å²) in [4.78, 5) is 34.3. The van der Waals surface area contributed by atoms with E-state index in [9.17, 15) is 18.0 Å². The van der Waals surface area contributed by atoms with Crippen LogP contribution < -0.4 is 4.72 Å². The predicted octanol–water partition coefficient (Wildman–Crippen LogP) is 4.26. The third kappa shape index (κ3) is 5.97. The quantitative estimate of drug-likeness (QED) is 0.490. The summed E-state index contributed by atoms with van der Waals surface area (Å²) in [5, 5.41) is 0. The number of nitrogens with one attached hydrogen (secondary N) is 1. The first kappa shape index (κ1) is 28.0. The molecule has 0 spiro atoms. The standard InChI is InChI=1S/C26H35ClN4O4S3/c1-17-7-8-18(2)31(17)15-19-5-3-14-30(19)24(32)16-29-13-4-6-20(26(29)33)28-38(34,35)25-12-10-22(37-25)21-9-11-23(27)36-21/h9-12,17-20,28H,3-8,13-16H2,1-2H3. The van der Waals surface area contributed by atoms with E-state index in [1.165, 1.54) is 29.1 Å². The van der Waals surface area contributed by atoms with Gasteiger partial charge in [-0.05, 0) is 76.6 Å².